The average molecular weight is 788 g/mol. The fraction of sp³-hybridized carbons (Fsp3) is 0.207. The van der Waals surface area contributed by atoms with Crippen LogP contribution in [0.2, 0.25) is 0 Å². The van der Waals surface area contributed by atoms with Crippen molar-refractivity contribution in [3.8, 4) is 39.1 Å². The molecule has 61 heavy (non-hydrogen) atoms. The van der Waals surface area contributed by atoms with E-state index in [0.717, 1.165) is 11.4 Å². The summed E-state index contributed by atoms with van der Waals surface area (Å²) in [7, 11) is 2.49. The van der Waals surface area contributed by atoms with E-state index in [1.54, 1.807) is 0 Å². The van der Waals surface area contributed by atoms with Gasteiger partial charge in [0.25, 0.3) is 0 Å². The molecule has 1 aliphatic carbocycles. The minimum Gasteiger partial charge on any atom is -0.355 e. The van der Waals surface area contributed by atoms with E-state index in [9.17, 15) is 0 Å². The third kappa shape index (κ3) is 5.77. The third-order valence-electron chi connectivity index (χ3n) is 13.8. The van der Waals surface area contributed by atoms with Crippen LogP contribution in [0, 0.1) is 6.92 Å². The van der Waals surface area contributed by atoms with Gasteiger partial charge in [-0.25, -0.2) is 0 Å². The summed E-state index contributed by atoms with van der Waals surface area (Å²) < 4.78 is 2.58. The SMILES string of the molecule is Cc1ccccc1-c1cc(-c2c(Nc3ccc4c(c3)-c3ccccc3C4(C)C)ccc3ccccc23)c2c(c1)-n1c3ccc(C(C)(C)C)cc3c3cc(C(C)(C)C)cc(c31)[B]2. The molecule has 1 aromatic heterocycles. The standard InChI is InChI=1S/C58H52BN2/c1-34-16-10-12-18-40(34)36-28-46(54-52(29-36)61-51-27-23-37(56(2,3)4)30-44(51)45-31-38(57(5,6)7)32-49(59-54)55(45)61)53-41-19-13-11-17-35(41)22-26-50(53)60-39-24-25-48-43(33-39)42-20-14-15-21-47(42)58(48,8)9/h10-33,60H,1-9H3. The van der Waals surface area contributed by atoms with Gasteiger partial charge >= 0.3 is 0 Å². The Balaban J connectivity index is 1.21. The van der Waals surface area contributed by atoms with Crippen molar-refractivity contribution in [1.82, 2.24) is 4.57 Å². The van der Waals surface area contributed by atoms with Crippen LogP contribution in [0.5, 0.6) is 0 Å². The molecule has 9 aromatic rings. The molecule has 2 aliphatic rings. The Morgan fingerprint density at radius 2 is 1.26 bits per heavy atom. The van der Waals surface area contributed by atoms with Gasteiger partial charge in [-0.15, -0.1) is 0 Å². The highest BCUT2D eigenvalue weighted by Gasteiger charge is 2.35. The van der Waals surface area contributed by atoms with Gasteiger partial charge in [0.15, 0.2) is 7.28 Å². The summed E-state index contributed by atoms with van der Waals surface area (Å²) in [5.41, 5.74) is 22.6. The Bertz CT molecular complexity index is 3310. The molecule has 0 bridgehead atoms. The summed E-state index contributed by atoms with van der Waals surface area (Å²) in [6.07, 6.45) is 0. The molecule has 0 saturated carbocycles. The highest BCUT2D eigenvalue weighted by atomic mass is 15.0. The molecule has 297 valence electrons. The zero-order chi connectivity index (χ0) is 42.2. The number of aryl methyl sites for hydroxylation is 1. The zero-order valence-corrected chi connectivity index (χ0v) is 36.9. The van der Waals surface area contributed by atoms with Crippen molar-refractivity contribution in [3.05, 3.63) is 173 Å². The van der Waals surface area contributed by atoms with Gasteiger partial charge in [0.1, 0.15) is 0 Å². The van der Waals surface area contributed by atoms with Crippen LogP contribution in [0.1, 0.15) is 83.2 Å². The molecule has 0 fully saturated rings. The van der Waals surface area contributed by atoms with Crippen LogP contribution < -0.4 is 16.2 Å². The van der Waals surface area contributed by atoms with Crippen molar-refractivity contribution < 1.29 is 0 Å². The first kappa shape index (κ1) is 37.7. The first-order valence-electron chi connectivity index (χ1n) is 21.9. The van der Waals surface area contributed by atoms with Crippen LogP contribution in [-0.4, -0.2) is 11.8 Å². The Labute approximate surface area is 361 Å². The zero-order valence-electron chi connectivity index (χ0n) is 36.9. The Morgan fingerprint density at radius 1 is 0.557 bits per heavy atom. The van der Waals surface area contributed by atoms with Gasteiger partial charge in [0.05, 0.1) is 5.52 Å². The van der Waals surface area contributed by atoms with E-state index in [4.69, 9.17) is 0 Å². The van der Waals surface area contributed by atoms with Crippen molar-refractivity contribution in [2.45, 2.75) is 78.6 Å². The summed E-state index contributed by atoms with van der Waals surface area (Å²) in [5, 5.41) is 9.10. The number of benzene rings is 8. The Hall–Kier alpha value is -6.32. The number of nitrogens with zero attached hydrogens (tertiary/aromatic N) is 1. The molecule has 3 heteroatoms. The maximum Gasteiger partial charge on any atom is 0.197 e. The lowest BCUT2D eigenvalue weighted by atomic mass is 9.58. The molecule has 0 saturated heterocycles. The predicted octanol–water partition coefficient (Wildman–Crippen LogP) is 14.2. The van der Waals surface area contributed by atoms with Crippen LogP contribution in [-0.2, 0) is 16.2 Å². The fourth-order valence-electron chi connectivity index (χ4n) is 10.4. The number of aromatic nitrogens is 1. The van der Waals surface area contributed by atoms with Crippen LogP contribution in [0.3, 0.4) is 0 Å². The van der Waals surface area contributed by atoms with Crippen molar-refractivity contribution in [2.24, 2.45) is 0 Å². The second kappa shape index (κ2) is 13.1. The topological polar surface area (TPSA) is 17.0 Å². The molecule has 0 atom stereocenters. The molecular weight excluding hydrogens is 735 g/mol. The molecule has 1 N–H and O–H groups in total. The van der Waals surface area contributed by atoms with Gasteiger partial charge < -0.3 is 9.88 Å². The predicted molar refractivity (Wildman–Crippen MR) is 264 cm³/mol. The van der Waals surface area contributed by atoms with Crippen LogP contribution >= 0.6 is 0 Å². The van der Waals surface area contributed by atoms with Crippen LogP contribution in [0.4, 0.5) is 11.4 Å². The summed E-state index contributed by atoms with van der Waals surface area (Å²) in [4.78, 5) is 0. The summed E-state index contributed by atoms with van der Waals surface area (Å²) >= 11 is 0. The summed E-state index contributed by atoms with van der Waals surface area (Å²) in [5.74, 6) is 0. The van der Waals surface area contributed by atoms with E-state index in [-0.39, 0.29) is 16.2 Å². The van der Waals surface area contributed by atoms with Crippen LogP contribution in [0.15, 0.2) is 146 Å². The number of fused-ring (bicyclic) bond motifs is 9. The number of rotatable bonds is 4. The van der Waals surface area contributed by atoms with Crippen LogP contribution in [0.25, 0.3) is 71.6 Å². The van der Waals surface area contributed by atoms with Crippen molar-refractivity contribution in [2.75, 3.05) is 5.32 Å². The molecule has 0 amide bonds. The number of nitrogens with one attached hydrogen (secondary N) is 1. The minimum absolute atomic E-state index is 0.0231. The molecule has 2 nitrogen and oxygen atoms in total. The molecule has 1 aliphatic heterocycles. The lowest BCUT2D eigenvalue weighted by molar-refractivity contribution is 0.590. The molecule has 0 unspecified atom stereocenters. The highest BCUT2D eigenvalue weighted by Crippen LogP contribution is 2.50. The van der Waals surface area contributed by atoms with Gasteiger partial charge in [-0.05, 0) is 138 Å². The second-order valence-corrected chi connectivity index (χ2v) is 20.2. The first-order valence-corrected chi connectivity index (χ1v) is 21.9. The van der Waals surface area contributed by atoms with E-state index in [0.29, 0.717) is 0 Å². The Morgan fingerprint density at radius 3 is 2.05 bits per heavy atom. The quantitative estimate of drug-likeness (QED) is 0.176. The molecule has 0 spiro atoms. The van der Waals surface area contributed by atoms with Crippen molar-refractivity contribution in [1.29, 1.82) is 0 Å². The second-order valence-electron chi connectivity index (χ2n) is 20.2. The summed E-state index contributed by atoms with van der Waals surface area (Å²) in [6, 6.07) is 55.2. The van der Waals surface area contributed by atoms with E-state index >= 15 is 0 Å². The molecular formula is C58H52BN2. The van der Waals surface area contributed by atoms with E-state index in [2.05, 4.69) is 225 Å². The van der Waals surface area contributed by atoms with Crippen molar-refractivity contribution in [3.63, 3.8) is 0 Å². The lowest BCUT2D eigenvalue weighted by Gasteiger charge is -2.28. The average Bonchev–Trinajstić information content (AvgIpc) is 3.69. The largest absolute Gasteiger partial charge is 0.355 e. The maximum absolute atomic E-state index is 4.02. The molecule has 8 aromatic carbocycles. The van der Waals surface area contributed by atoms with Crippen molar-refractivity contribution >= 4 is 62.2 Å². The van der Waals surface area contributed by atoms with Gasteiger partial charge in [0, 0.05) is 44.3 Å². The smallest absolute Gasteiger partial charge is 0.197 e. The summed E-state index contributed by atoms with van der Waals surface area (Å²) in [6.45, 7) is 20.9. The number of hydrogen-bond donors (Lipinski definition) is 1. The molecule has 1 radical (unpaired) electrons. The third-order valence-corrected chi connectivity index (χ3v) is 13.8. The number of hydrogen-bond acceptors (Lipinski definition) is 1. The van der Waals surface area contributed by atoms with Gasteiger partial charge in [-0.3, -0.25) is 0 Å². The van der Waals surface area contributed by atoms with E-state index in [1.807, 2.05) is 0 Å². The van der Waals surface area contributed by atoms with E-state index in [1.165, 1.54) is 110 Å². The normalized spacial score (nSPS) is 13.9. The van der Waals surface area contributed by atoms with Gasteiger partial charge in [-0.1, -0.05) is 158 Å². The maximum atomic E-state index is 4.02. The lowest BCUT2D eigenvalue weighted by Crippen LogP contribution is -2.38. The fourth-order valence-corrected chi connectivity index (χ4v) is 10.4. The Kier molecular flexibility index (Phi) is 8.08. The molecule has 2 heterocycles. The first-order chi connectivity index (χ1) is 29.2. The van der Waals surface area contributed by atoms with E-state index < -0.39 is 0 Å². The van der Waals surface area contributed by atoms with Gasteiger partial charge in [0.2, 0.25) is 0 Å². The minimum atomic E-state index is -0.0466. The monoisotopic (exact) mass is 787 g/mol. The number of anilines is 2. The van der Waals surface area contributed by atoms with Gasteiger partial charge in [-0.2, -0.15) is 0 Å². The molecule has 11 rings (SSSR count). The highest BCUT2D eigenvalue weighted by molar-refractivity contribution is 6.73.